The highest BCUT2D eigenvalue weighted by Gasteiger charge is 2.11. The minimum absolute atomic E-state index is 0.119. The topological polar surface area (TPSA) is 64.6 Å². The largest absolute Gasteiger partial charge is 0.508 e. The molecule has 5 heteroatoms. The molecule has 1 aliphatic heterocycles. The number of phenols is 1. The first-order chi connectivity index (χ1) is 11.2. The van der Waals surface area contributed by atoms with Gasteiger partial charge in [-0.1, -0.05) is 6.07 Å². The fourth-order valence-electron chi connectivity index (χ4n) is 2.78. The zero-order chi connectivity index (χ0) is 16.1. The van der Waals surface area contributed by atoms with Crippen molar-refractivity contribution in [1.29, 1.82) is 0 Å². The molecule has 1 saturated heterocycles. The van der Waals surface area contributed by atoms with Gasteiger partial charge < -0.3 is 20.6 Å². The van der Waals surface area contributed by atoms with E-state index in [1.165, 1.54) is 31.0 Å². The van der Waals surface area contributed by atoms with Crippen LogP contribution in [0, 0.1) is 0 Å². The number of rotatable bonds is 3. The third-order valence-corrected chi connectivity index (χ3v) is 3.95. The van der Waals surface area contributed by atoms with Crippen LogP contribution < -0.4 is 15.5 Å². The Morgan fingerprint density at radius 1 is 0.913 bits per heavy atom. The molecule has 2 amide bonds. The molecule has 0 atom stereocenters. The number of aromatic hydroxyl groups is 1. The number of carbonyl (C=O) groups is 1. The molecule has 0 radical (unpaired) electrons. The number of nitrogens with zero attached hydrogens (tertiary/aromatic N) is 1. The number of phenolic OH excluding ortho intramolecular Hbond substituents is 1. The van der Waals surface area contributed by atoms with E-state index in [9.17, 15) is 9.90 Å². The van der Waals surface area contributed by atoms with Crippen LogP contribution >= 0.6 is 0 Å². The van der Waals surface area contributed by atoms with Crippen LogP contribution in [0.5, 0.6) is 5.75 Å². The molecule has 3 N–H and O–H groups in total. The molecule has 2 aromatic carbocycles. The third-order valence-electron chi connectivity index (χ3n) is 3.95. The molecule has 1 aliphatic rings. The summed E-state index contributed by atoms with van der Waals surface area (Å²) in [6.45, 7) is 2.20. The lowest BCUT2D eigenvalue weighted by molar-refractivity contribution is 0.262. The van der Waals surface area contributed by atoms with E-state index in [0.29, 0.717) is 5.69 Å². The molecular weight excluding hydrogens is 290 g/mol. The second-order valence-electron chi connectivity index (χ2n) is 5.72. The van der Waals surface area contributed by atoms with Gasteiger partial charge in [0.25, 0.3) is 0 Å². The van der Waals surface area contributed by atoms with E-state index in [0.717, 1.165) is 18.8 Å². The average molecular weight is 311 g/mol. The van der Waals surface area contributed by atoms with Crippen molar-refractivity contribution in [1.82, 2.24) is 0 Å². The van der Waals surface area contributed by atoms with Crippen LogP contribution in [0.4, 0.5) is 21.9 Å². The van der Waals surface area contributed by atoms with Gasteiger partial charge in [-0.2, -0.15) is 0 Å². The molecule has 0 saturated carbocycles. The normalized spacial score (nSPS) is 14.3. The zero-order valence-electron chi connectivity index (χ0n) is 13.0. The number of benzene rings is 2. The van der Waals surface area contributed by atoms with Crippen LogP contribution in [0.1, 0.15) is 19.3 Å². The zero-order valence-corrected chi connectivity index (χ0v) is 13.0. The number of hydrogen-bond donors (Lipinski definition) is 3. The number of anilines is 3. The SMILES string of the molecule is O=C(Nc1ccc(N2CCCCC2)cc1)Nc1cccc(O)c1. The number of urea groups is 1. The van der Waals surface area contributed by atoms with Crippen LogP contribution in [0.2, 0.25) is 0 Å². The number of hydrogen-bond acceptors (Lipinski definition) is 3. The molecule has 0 aliphatic carbocycles. The molecule has 1 heterocycles. The molecule has 0 aromatic heterocycles. The molecular formula is C18H21N3O2. The fourth-order valence-corrected chi connectivity index (χ4v) is 2.78. The highest BCUT2D eigenvalue weighted by atomic mass is 16.3. The quantitative estimate of drug-likeness (QED) is 0.802. The number of amides is 2. The van der Waals surface area contributed by atoms with Crippen molar-refractivity contribution in [2.75, 3.05) is 28.6 Å². The van der Waals surface area contributed by atoms with E-state index in [1.54, 1.807) is 18.2 Å². The summed E-state index contributed by atoms with van der Waals surface area (Å²) in [5.74, 6) is 0.119. The van der Waals surface area contributed by atoms with E-state index in [2.05, 4.69) is 15.5 Å². The Morgan fingerprint density at radius 3 is 2.30 bits per heavy atom. The Morgan fingerprint density at radius 2 is 1.61 bits per heavy atom. The first-order valence-corrected chi connectivity index (χ1v) is 7.93. The van der Waals surface area contributed by atoms with Crippen molar-refractivity contribution >= 4 is 23.1 Å². The summed E-state index contributed by atoms with van der Waals surface area (Å²) in [5.41, 5.74) is 2.49. The first-order valence-electron chi connectivity index (χ1n) is 7.93. The van der Waals surface area contributed by atoms with Crippen LogP contribution in [0.25, 0.3) is 0 Å². The maximum absolute atomic E-state index is 12.0. The first kappa shape index (κ1) is 15.2. The van der Waals surface area contributed by atoms with Crippen LogP contribution in [0.3, 0.4) is 0 Å². The molecule has 23 heavy (non-hydrogen) atoms. The van der Waals surface area contributed by atoms with Crippen molar-refractivity contribution in [3.63, 3.8) is 0 Å². The minimum atomic E-state index is -0.332. The van der Waals surface area contributed by atoms with Gasteiger partial charge in [0.2, 0.25) is 0 Å². The molecule has 0 unspecified atom stereocenters. The van der Waals surface area contributed by atoms with Gasteiger partial charge in [0.05, 0.1) is 0 Å². The summed E-state index contributed by atoms with van der Waals surface area (Å²) >= 11 is 0. The molecule has 5 nitrogen and oxygen atoms in total. The van der Waals surface area contributed by atoms with E-state index in [-0.39, 0.29) is 11.8 Å². The molecule has 120 valence electrons. The maximum atomic E-state index is 12.0. The Balaban J connectivity index is 1.58. The van der Waals surface area contributed by atoms with Crippen molar-refractivity contribution in [2.24, 2.45) is 0 Å². The summed E-state index contributed by atoms with van der Waals surface area (Å²) in [6.07, 6.45) is 3.80. The second-order valence-corrected chi connectivity index (χ2v) is 5.72. The Kier molecular flexibility index (Phi) is 4.66. The number of nitrogens with one attached hydrogen (secondary N) is 2. The minimum Gasteiger partial charge on any atom is -0.508 e. The van der Waals surface area contributed by atoms with Crippen molar-refractivity contribution < 1.29 is 9.90 Å². The predicted octanol–water partition coefficient (Wildman–Crippen LogP) is 4.03. The predicted molar refractivity (Wildman–Crippen MR) is 93.3 cm³/mol. The summed E-state index contributed by atoms with van der Waals surface area (Å²) in [4.78, 5) is 14.3. The van der Waals surface area contributed by atoms with Crippen LogP contribution in [0.15, 0.2) is 48.5 Å². The van der Waals surface area contributed by atoms with Crippen molar-refractivity contribution in [2.45, 2.75) is 19.3 Å². The number of carbonyl (C=O) groups excluding carboxylic acids is 1. The molecule has 3 rings (SSSR count). The average Bonchev–Trinajstić information content (AvgIpc) is 2.56. The van der Waals surface area contributed by atoms with Crippen LogP contribution in [-0.4, -0.2) is 24.2 Å². The summed E-state index contributed by atoms with van der Waals surface area (Å²) in [6, 6.07) is 14.0. The van der Waals surface area contributed by atoms with Gasteiger partial charge in [-0.3, -0.25) is 0 Å². The maximum Gasteiger partial charge on any atom is 0.323 e. The van der Waals surface area contributed by atoms with Gasteiger partial charge in [-0.05, 0) is 55.7 Å². The summed E-state index contributed by atoms with van der Waals surface area (Å²) in [7, 11) is 0. The molecule has 2 aromatic rings. The number of piperidine rings is 1. The second kappa shape index (κ2) is 7.05. The standard InChI is InChI=1S/C18H21N3O2/c22-17-6-4-5-15(13-17)20-18(23)19-14-7-9-16(10-8-14)21-11-2-1-3-12-21/h4-10,13,22H,1-3,11-12H2,(H2,19,20,23). The van der Waals surface area contributed by atoms with E-state index in [1.807, 2.05) is 24.3 Å². The lowest BCUT2D eigenvalue weighted by Gasteiger charge is -2.28. The van der Waals surface area contributed by atoms with E-state index < -0.39 is 0 Å². The lowest BCUT2D eigenvalue weighted by atomic mass is 10.1. The highest BCUT2D eigenvalue weighted by Crippen LogP contribution is 2.22. The Hall–Kier alpha value is -2.69. The fraction of sp³-hybridized carbons (Fsp3) is 0.278. The Labute approximate surface area is 135 Å². The van der Waals surface area contributed by atoms with Gasteiger partial charge in [-0.15, -0.1) is 0 Å². The van der Waals surface area contributed by atoms with E-state index >= 15 is 0 Å². The smallest absolute Gasteiger partial charge is 0.323 e. The van der Waals surface area contributed by atoms with Gasteiger partial charge in [0.15, 0.2) is 0 Å². The molecule has 0 spiro atoms. The monoisotopic (exact) mass is 311 g/mol. The van der Waals surface area contributed by atoms with Gasteiger partial charge in [-0.25, -0.2) is 4.79 Å². The molecule has 0 bridgehead atoms. The van der Waals surface area contributed by atoms with Gasteiger partial charge in [0, 0.05) is 36.2 Å². The van der Waals surface area contributed by atoms with Crippen LogP contribution in [-0.2, 0) is 0 Å². The Bertz CT molecular complexity index is 664. The third kappa shape index (κ3) is 4.16. The highest BCUT2D eigenvalue weighted by molar-refractivity contribution is 5.99. The summed E-state index contributed by atoms with van der Waals surface area (Å²) in [5, 5.41) is 14.9. The van der Waals surface area contributed by atoms with Crippen molar-refractivity contribution in [3.05, 3.63) is 48.5 Å². The summed E-state index contributed by atoms with van der Waals surface area (Å²) < 4.78 is 0. The van der Waals surface area contributed by atoms with E-state index in [4.69, 9.17) is 0 Å². The van der Waals surface area contributed by atoms with Crippen molar-refractivity contribution in [3.8, 4) is 5.75 Å². The lowest BCUT2D eigenvalue weighted by Crippen LogP contribution is -2.29. The molecule has 1 fully saturated rings. The van der Waals surface area contributed by atoms with Gasteiger partial charge in [0.1, 0.15) is 5.75 Å². The van der Waals surface area contributed by atoms with Gasteiger partial charge >= 0.3 is 6.03 Å².